The molecule has 2 heterocycles. The van der Waals surface area contributed by atoms with Gasteiger partial charge in [0.1, 0.15) is 5.82 Å². The minimum atomic E-state index is 0.157. The second-order valence-corrected chi connectivity index (χ2v) is 7.10. The van der Waals surface area contributed by atoms with Crippen molar-refractivity contribution in [3.8, 4) is 17.5 Å². The van der Waals surface area contributed by atoms with Crippen molar-refractivity contribution < 1.29 is 0 Å². The summed E-state index contributed by atoms with van der Waals surface area (Å²) in [7, 11) is 0. The van der Waals surface area contributed by atoms with Crippen LogP contribution in [0.15, 0.2) is 60.7 Å². The third-order valence-corrected chi connectivity index (χ3v) is 5.15. The number of nitrogen functional groups attached to an aromatic ring is 1. The van der Waals surface area contributed by atoms with Gasteiger partial charge in [0.05, 0.1) is 18.3 Å². The monoisotopic (exact) mass is 357 g/mol. The Balaban J connectivity index is 1.51. The van der Waals surface area contributed by atoms with E-state index in [1.807, 2.05) is 16.8 Å². The third-order valence-electron chi connectivity index (χ3n) is 5.15. The lowest BCUT2D eigenvalue weighted by molar-refractivity contribution is 0.235. The molecule has 0 amide bonds. The van der Waals surface area contributed by atoms with Gasteiger partial charge in [0.15, 0.2) is 6.19 Å². The number of hydrogen-bond donors (Lipinski definition) is 1. The summed E-state index contributed by atoms with van der Waals surface area (Å²) in [6, 6.07) is 21.0. The number of hydrogen-bond acceptors (Lipinski definition) is 4. The normalized spacial score (nSPS) is 16.9. The Morgan fingerprint density at radius 3 is 2.56 bits per heavy atom. The van der Waals surface area contributed by atoms with E-state index in [4.69, 9.17) is 16.1 Å². The van der Waals surface area contributed by atoms with Gasteiger partial charge in [-0.05, 0) is 30.4 Å². The summed E-state index contributed by atoms with van der Waals surface area (Å²) in [6.07, 6.45) is 5.15. The fourth-order valence-electron chi connectivity index (χ4n) is 3.71. The summed E-state index contributed by atoms with van der Waals surface area (Å²) in [4.78, 5) is 1.79. The van der Waals surface area contributed by atoms with E-state index in [0.717, 1.165) is 37.1 Å². The summed E-state index contributed by atoms with van der Waals surface area (Å²) in [5.41, 5.74) is 10.7. The molecular formula is C22H23N5. The Bertz CT molecular complexity index is 937. The third kappa shape index (κ3) is 3.80. The zero-order valence-electron chi connectivity index (χ0n) is 15.3. The summed E-state index contributed by atoms with van der Waals surface area (Å²) in [5, 5.41) is 13.9. The van der Waals surface area contributed by atoms with Gasteiger partial charge in [0.2, 0.25) is 0 Å². The van der Waals surface area contributed by atoms with E-state index < -0.39 is 0 Å². The summed E-state index contributed by atoms with van der Waals surface area (Å²) in [5.74, 6) is 0.656. The Hall–Kier alpha value is -3.26. The zero-order chi connectivity index (χ0) is 18.6. The molecule has 5 heteroatoms. The van der Waals surface area contributed by atoms with Crippen LogP contribution in [0.2, 0.25) is 0 Å². The molecule has 2 N–H and O–H groups in total. The maximum atomic E-state index is 9.15. The maximum Gasteiger partial charge on any atom is 0.179 e. The molecule has 0 radical (unpaired) electrons. The van der Waals surface area contributed by atoms with Crippen LogP contribution in [0, 0.1) is 11.5 Å². The maximum absolute atomic E-state index is 9.15. The highest BCUT2D eigenvalue weighted by molar-refractivity contribution is 5.62. The molecule has 0 bridgehead atoms. The van der Waals surface area contributed by atoms with Crippen molar-refractivity contribution >= 4 is 5.82 Å². The van der Waals surface area contributed by atoms with Crippen molar-refractivity contribution in [2.75, 3.05) is 18.8 Å². The highest BCUT2D eigenvalue weighted by Gasteiger charge is 2.23. The van der Waals surface area contributed by atoms with Crippen LogP contribution in [0.4, 0.5) is 5.82 Å². The second-order valence-electron chi connectivity index (χ2n) is 7.10. The molecular weight excluding hydrogens is 334 g/mol. The molecule has 1 saturated heterocycles. The molecule has 4 rings (SSSR count). The Morgan fingerprint density at radius 1 is 1.07 bits per heavy atom. The number of nitrogens with two attached hydrogens (primary N) is 1. The smallest absolute Gasteiger partial charge is 0.179 e. The van der Waals surface area contributed by atoms with Crippen LogP contribution in [0.25, 0.3) is 11.3 Å². The highest BCUT2D eigenvalue weighted by atomic mass is 15.3. The van der Waals surface area contributed by atoms with Gasteiger partial charge in [0.25, 0.3) is 0 Å². The van der Waals surface area contributed by atoms with E-state index in [9.17, 15) is 0 Å². The Kier molecular flexibility index (Phi) is 4.80. The average Bonchev–Trinajstić information content (AvgIpc) is 3.11. The zero-order valence-corrected chi connectivity index (χ0v) is 15.3. The lowest BCUT2D eigenvalue weighted by Crippen LogP contribution is -2.34. The summed E-state index contributed by atoms with van der Waals surface area (Å²) >= 11 is 0. The van der Waals surface area contributed by atoms with Crippen molar-refractivity contribution in [3.05, 3.63) is 71.8 Å². The number of nitriles is 1. The van der Waals surface area contributed by atoms with Crippen LogP contribution in [0.5, 0.6) is 0 Å². The van der Waals surface area contributed by atoms with E-state index in [1.54, 1.807) is 4.90 Å². The van der Waals surface area contributed by atoms with E-state index in [-0.39, 0.29) is 6.04 Å². The molecule has 2 aromatic carbocycles. The minimum Gasteiger partial charge on any atom is -0.384 e. The quantitative estimate of drug-likeness (QED) is 0.720. The largest absolute Gasteiger partial charge is 0.384 e. The fraction of sp³-hybridized carbons (Fsp3) is 0.273. The van der Waals surface area contributed by atoms with Crippen LogP contribution in [-0.4, -0.2) is 27.8 Å². The van der Waals surface area contributed by atoms with Gasteiger partial charge in [-0.25, -0.2) is 4.68 Å². The molecule has 0 spiro atoms. The Labute approximate surface area is 159 Å². The van der Waals surface area contributed by atoms with E-state index in [1.165, 1.54) is 11.1 Å². The lowest BCUT2D eigenvalue weighted by Gasteiger charge is -2.29. The molecule has 1 aliphatic heterocycles. The summed E-state index contributed by atoms with van der Waals surface area (Å²) in [6.45, 7) is 1.50. The van der Waals surface area contributed by atoms with Crippen LogP contribution in [0.3, 0.4) is 0 Å². The van der Waals surface area contributed by atoms with Crippen LogP contribution in [-0.2, 0) is 6.42 Å². The van der Waals surface area contributed by atoms with Crippen molar-refractivity contribution in [2.24, 2.45) is 0 Å². The van der Waals surface area contributed by atoms with Gasteiger partial charge in [-0.3, -0.25) is 0 Å². The number of anilines is 1. The molecule has 1 aliphatic rings. The van der Waals surface area contributed by atoms with Crippen LogP contribution >= 0.6 is 0 Å². The minimum absolute atomic E-state index is 0.157. The van der Waals surface area contributed by atoms with Gasteiger partial charge >= 0.3 is 0 Å². The number of likely N-dealkylation sites (tertiary alicyclic amines) is 1. The van der Waals surface area contributed by atoms with Gasteiger partial charge in [-0.1, -0.05) is 54.6 Å². The molecule has 136 valence electrons. The van der Waals surface area contributed by atoms with Gasteiger partial charge < -0.3 is 10.6 Å². The predicted octanol–water partition coefficient (Wildman–Crippen LogP) is 3.84. The fourth-order valence-corrected chi connectivity index (χ4v) is 3.71. The molecule has 1 aromatic heterocycles. The van der Waals surface area contributed by atoms with Crippen molar-refractivity contribution in [2.45, 2.75) is 25.3 Å². The van der Waals surface area contributed by atoms with Gasteiger partial charge in [-0.2, -0.15) is 10.4 Å². The van der Waals surface area contributed by atoms with Crippen molar-refractivity contribution in [1.29, 1.82) is 5.26 Å². The number of piperidine rings is 1. The van der Waals surface area contributed by atoms with E-state index >= 15 is 0 Å². The van der Waals surface area contributed by atoms with Gasteiger partial charge in [0, 0.05) is 18.2 Å². The molecule has 0 aliphatic carbocycles. The predicted molar refractivity (Wildman–Crippen MR) is 107 cm³/mol. The first-order valence-electron chi connectivity index (χ1n) is 9.36. The topological polar surface area (TPSA) is 70.9 Å². The number of benzene rings is 2. The number of rotatable bonds is 4. The van der Waals surface area contributed by atoms with Crippen LogP contribution in [0.1, 0.15) is 30.0 Å². The number of aromatic nitrogens is 2. The SMILES string of the molecule is N#CN1CCCC(n2nc(-c3ccc(Cc4ccccc4)cc3)cc2N)C1. The molecule has 5 nitrogen and oxygen atoms in total. The highest BCUT2D eigenvalue weighted by Crippen LogP contribution is 2.27. The lowest BCUT2D eigenvalue weighted by atomic mass is 10.0. The number of nitrogens with zero attached hydrogens (tertiary/aromatic N) is 4. The molecule has 0 saturated carbocycles. The first-order chi connectivity index (χ1) is 13.2. The van der Waals surface area contributed by atoms with Crippen molar-refractivity contribution in [3.63, 3.8) is 0 Å². The molecule has 27 heavy (non-hydrogen) atoms. The van der Waals surface area contributed by atoms with E-state index in [2.05, 4.69) is 54.7 Å². The van der Waals surface area contributed by atoms with Crippen LogP contribution < -0.4 is 5.73 Å². The van der Waals surface area contributed by atoms with Gasteiger partial charge in [-0.15, -0.1) is 0 Å². The molecule has 1 unspecified atom stereocenters. The first-order valence-corrected chi connectivity index (χ1v) is 9.36. The average molecular weight is 357 g/mol. The summed E-state index contributed by atoms with van der Waals surface area (Å²) < 4.78 is 1.89. The first kappa shape index (κ1) is 17.2. The molecule has 1 atom stereocenters. The second kappa shape index (κ2) is 7.55. The van der Waals surface area contributed by atoms with Crippen molar-refractivity contribution in [1.82, 2.24) is 14.7 Å². The molecule has 3 aromatic rings. The van der Waals surface area contributed by atoms with E-state index in [0.29, 0.717) is 12.4 Å². The Morgan fingerprint density at radius 2 is 1.81 bits per heavy atom. The molecule has 1 fully saturated rings. The standard InChI is InChI=1S/C22H23N5/c23-16-26-12-4-7-20(15-26)27-22(24)14-21(25-27)19-10-8-18(9-11-19)13-17-5-2-1-3-6-17/h1-3,5-6,8-11,14,20H,4,7,12-13,15,24H2.